The van der Waals surface area contributed by atoms with Crippen molar-refractivity contribution in [2.24, 2.45) is 5.84 Å². The second-order valence-corrected chi connectivity index (χ2v) is 4.37. The number of hydrogen-bond acceptors (Lipinski definition) is 4. The predicted molar refractivity (Wildman–Crippen MR) is 68.2 cm³/mol. The van der Waals surface area contributed by atoms with Crippen LogP contribution in [0.5, 0.6) is 0 Å². The zero-order chi connectivity index (χ0) is 15.6. The monoisotopic (exact) mass is 302 g/mol. The van der Waals surface area contributed by atoms with E-state index in [2.05, 4.69) is 0 Å². The smallest absolute Gasteiger partial charge is 0.414 e. The van der Waals surface area contributed by atoms with Crippen LogP contribution in [0, 0.1) is 0 Å². The first-order chi connectivity index (χ1) is 9.84. The average Bonchev–Trinajstić information content (AvgIpc) is 2.81. The van der Waals surface area contributed by atoms with Gasteiger partial charge in [-0.3, -0.25) is 10.2 Å². The average molecular weight is 302 g/mol. The van der Waals surface area contributed by atoms with Crippen molar-refractivity contribution in [1.82, 2.24) is 5.43 Å². The summed E-state index contributed by atoms with van der Waals surface area (Å²) in [6.45, 7) is 0.478. The van der Waals surface area contributed by atoms with Crippen LogP contribution in [0.15, 0.2) is 28.7 Å². The quantitative estimate of drug-likeness (QED) is 0.517. The van der Waals surface area contributed by atoms with Crippen molar-refractivity contribution in [2.75, 3.05) is 0 Å². The Morgan fingerprint density at radius 2 is 2.10 bits per heavy atom. The first-order valence-electron chi connectivity index (χ1n) is 6.04. The molecule has 8 heteroatoms. The number of rotatable bonds is 4. The van der Waals surface area contributed by atoms with Gasteiger partial charge in [-0.2, -0.15) is 13.2 Å². The summed E-state index contributed by atoms with van der Waals surface area (Å²) in [4.78, 5) is 11.6. The van der Waals surface area contributed by atoms with Gasteiger partial charge in [0.2, 0.25) is 0 Å². The van der Waals surface area contributed by atoms with E-state index in [1.165, 1.54) is 0 Å². The molecule has 0 radical (unpaired) electrons. The normalized spacial score (nSPS) is 13.4. The second-order valence-electron chi connectivity index (χ2n) is 4.37. The van der Waals surface area contributed by atoms with Gasteiger partial charge in [-0.25, -0.2) is 5.84 Å². The third-order valence-corrected chi connectivity index (χ3v) is 2.97. The molecule has 0 fully saturated rings. The number of carbonyl (C=O) groups is 1. The first kappa shape index (κ1) is 15.3. The molecule has 114 valence electrons. The Labute approximate surface area is 117 Å². The molecule has 2 aromatic rings. The van der Waals surface area contributed by atoms with E-state index in [-0.39, 0.29) is 11.3 Å². The Hall–Kier alpha value is -2.06. The van der Waals surface area contributed by atoms with Crippen LogP contribution in [0.25, 0.3) is 11.0 Å². The maximum absolute atomic E-state index is 12.5. The molecule has 3 N–H and O–H groups in total. The highest BCUT2D eigenvalue weighted by atomic mass is 19.4. The molecule has 0 spiro atoms. The summed E-state index contributed by atoms with van der Waals surface area (Å²) in [5.74, 6) is 4.15. The number of para-hydroxylation sites is 1. The van der Waals surface area contributed by atoms with Crippen LogP contribution >= 0.6 is 0 Å². The molecule has 1 atom stereocenters. The minimum absolute atomic E-state index is 0.159. The number of furan rings is 1. The summed E-state index contributed by atoms with van der Waals surface area (Å²) in [6.07, 6.45) is -6.43. The molecule has 5 nitrogen and oxygen atoms in total. The molecule has 1 heterocycles. The molecule has 1 aromatic carbocycles. The van der Waals surface area contributed by atoms with Gasteiger partial charge in [-0.05, 0) is 13.0 Å². The van der Waals surface area contributed by atoms with Gasteiger partial charge in [0.05, 0.1) is 6.61 Å². The summed E-state index contributed by atoms with van der Waals surface area (Å²) in [5, 5.41) is 0.505. The molecule has 1 amide bonds. The largest absolute Gasteiger partial charge is 0.450 e. The number of halogens is 3. The molecular formula is C13H13F3N2O3. The number of nitrogens with two attached hydrogens (primary N) is 1. The van der Waals surface area contributed by atoms with Gasteiger partial charge in [0.25, 0.3) is 0 Å². The maximum Gasteiger partial charge on any atom is 0.414 e. The van der Waals surface area contributed by atoms with Gasteiger partial charge in [0, 0.05) is 10.9 Å². The van der Waals surface area contributed by atoms with Gasteiger partial charge in [0.1, 0.15) is 5.58 Å². The number of nitrogens with one attached hydrogen (secondary N) is 1. The van der Waals surface area contributed by atoms with E-state index in [0.29, 0.717) is 11.0 Å². The van der Waals surface area contributed by atoms with E-state index < -0.39 is 24.8 Å². The van der Waals surface area contributed by atoms with E-state index >= 15 is 0 Å². The van der Waals surface area contributed by atoms with Crippen LogP contribution in [0.2, 0.25) is 0 Å². The number of nitrogen functional groups attached to an aromatic ring is 1. The third kappa shape index (κ3) is 3.17. The lowest BCUT2D eigenvalue weighted by Crippen LogP contribution is -2.31. The number of fused-ring (bicyclic) bond motifs is 1. The summed E-state index contributed by atoms with van der Waals surface area (Å²) < 4.78 is 47.5. The fourth-order valence-corrected chi connectivity index (χ4v) is 1.79. The number of amides is 1. The highest BCUT2D eigenvalue weighted by Crippen LogP contribution is 2.29. The Balaban J connectivity index is 2.34. The van der Waals surface area contributed by atoms with Crippen molar-refractivity contribution in [3.05, 3.63) is 35.6 Å². The molecule has 0 aliphatic carbocycles. The van der Waals surface area contributed by atoms with Crippen molar-refractivity contribution in [3.8, 4) is 0 Å². The molecule has 2 rings (SSSR count). The fraction of sp³-hybridized carbons (Fsp3) is 0.308. The van der Waals surface area contributed by atoms with Gasteiger partial charge in [0.15, 0.2) is 11.9 Å². The summed E-state index contributed by atoms with van der Waals surface area (Å²) in [5.41, 5.74) is 2.49. The lowest BCUT2D eigenvalue weighted by molar-refractivity contribution is -0.217. The van der Waals surface area contributed by atoms with E-state index in [4.69, 9.17) is 15.0 Å². The zero-order valence-corrected chi connectivity index (χ0v) is 11.0. The van der Waals surface area contributed by atoms with Crippen LogP contribution in [-0.4, -0.2) is 18.2 Å². The number of hydrazine groups is 1. The predicted octanol–water partition coefficient (Wildman–Crippen LogP) is 2.50. The standard InChI is InChI=1S/C13H13F3N2O3/c1-7(13(14,15)16)20-6-9-8-4-2-3-5-10(8)21-11(9)12(19)18-17/h2-5,7H,6,17H2,1H3,(H,18,19). The first-order valence-corrected chi connectivity index (χ1v) is 6.04. The minimum atomic E-state index is -4.48. The number of hydrogen-bond donors (Lipinski definition) is 2. The van der Waals surface area contributed by atoms with Crippen molar-refractivity contribution < 1.29 is 27.1 Å². The number of carbonyl (C=O) groups excluding carboxylic acids is 1. The van der Waals surface area contributed by atoms with Crippen molar-refractivity contribution in [1.29, 1.82) is 0 Å². The van der Waals surface area contributed by atoms with Crippen molar-refractivity contribution in [3.63, 3.8) is 0 Å². The SMILES string of the molecule is CC(OCc1c(C(=O)NN)oc2ccccc12)C(F)(F)F. The lowest BCUT2D eigenvalue weighted by atomic mass is 10.1. The van der Waals surface area contributed by atoms with E-state index in [9.17, 15) is 18.0 Å². The maximum atomic E-state index is 12.5. The topological polar surface area (TPSA) is 77.5 Å². The molecule has 0 aliphatic rings. The van der Waals surface area contributed by atoms with Gasteiger partial charge in [-0.1, -0.05) is 18.2 Å². The number of alkyl halides is 3. The minimum Gasteiger partial charge on any atom is -0.450 e. The summed E-state index contributed by atoms with van der Waals surface area (Å²) >= 11 is 0. The van der Waals surface area contributed by atoms with Gasteiger partial charge < -0.3 is 9.15 Å². The van der Waals surface area contributed by atoms with Crippen molar-refractivity contribution in [2.45, 2.75) is 25.8 Å². The van der Waals surface area contributed by atoms with Gasteiger partial charge >= 0.3 is 12.1 Å². The summed E-state index contributed by atoms with van der Waals surface area (Å²) in [7, 11) is 0. The molecular weight excluding hydrogens is 289 g/mol. The molecule has 1 unspecified atom stereocenters. The Morgan fingerprint density at radius 1 is 1.43 bits per heavy atom. The van der Waals surface area contributed by atoms with Crippen LogP contribution in [0.1, 0.15) is 23.0 Å². The molecule has 21 heavy (non-hydrogen) atoms. The Bertz CT molecular complexity index is 652. The molecule has 1 aromatic heterocycles. The van der Waals surface area contributed by atoms with Gasteiger partial charge in [-0.15, -0.1) is 0 Å². The van der Waals surface area contributed by atoms with E-state index in [1.807, 2.05) is 5.43 Å². The molecule has 0 bridgehead atoms. The van der Waals surface area contributed by atoms with E-state index in [0.717, 1.165) is 6.92 Å². The van der Waals surface area contributed by atoms with Crippen molar-refractivity contribution >= 4 is 16.9 Å². The lowest BCUT2D eigenvalue weighted by Gasteiger charge is -2.16. The highest BCUT2D eigenvalue weighted by molar-refractivity contribution is 5.98. The van der Waals surface area contributed by atoms with Crippen LogP contribution in [0.3, 0.4) is 0 Å². The Morgan fingerprint density at radius 3 is 2.71 bits per heavy atom. The third-order valence-electron chi connectivity index (χ3n) is 2.97. The van der Waals surface area contributed by atoms with Crippen LogP contribution in [0.4, 0.5) is 13.2 Å². The molecule has 0 aliphatic heterocycles. The summed E-state index contributed by atoms with van der Waals surface area (Å²) in [6, 6.07) is 6.58. The Kier molecular flexibility index (Phi) is 4.19. The fourth-order valence-electron chi connectivity index (χ4n) is 1.79. The second kappa shape index (κ2) is 5.74. The molecule has 0 saturated heterocycles. The van der Waals surface area contributed by atoms with Crippen LogP contribution in [-0.2, 0) is 11.3 Å². The zero-order valence-electron chi connectivity index (χ0n) is 11.0. The molecule has 0 saturated carbocycles. The number of benzene rings is 1. The number of ether oxygens (including phenoxy) is 1. The van der Waals surface area contributed by atoms with Crippen LogP contribution < -0.4 is 11.3 Å². The highest BCUT2D eigenvalue weighted by Gasteiger charge is 2.37. The van der Waals surface area contributed by atoms with E-state index in [1.54, 1.807) is 24.3 Å².